The van der Waals surface area contributed by atoms with Crippen LogP contribution >= 0.6 is 0 Å². The molecule has 0 amide bonds. The fourth-order valence-electron chi connectivity index (χ4n) is 2.90. The second kappa shape index (κ2) is 13.5. The summed E-state index contributed by atoms with van der Waals surface area (Å²) in [7, 11) is 0. The largest absolute Gasteiger partial charge is 0.207 e. The van der Waals surface area contributed by atoms with Crippen LogP contribution in [0.15, 0.2) is 30.3 Å². The van der Waals surface area contributed by atoms with Crippen LogP contribution in [0.25, 0.3) is 0 Å². The van der Waals surface area contributed by atoms with Gasteiger partial charge in [0.25, 0.3) is 0 Å². The normalized spacial score (nSPS) is 18.0. The van der Waals surface area contributed by atoms with Gasteiger partial charge in [-0.2, -0.15) is 0 Å². The number of benzene rings is 2. The Morgan fingerprint density at radius 3 is 1.39 bits per heavy atom. The van der Waals surface area contributed by atoms with E-state index in [4.69, 9.17) is 0 Å². The van der Waals surface area contributed by atoms with Crippen LogP contribution in [0.2, 0.25) is 0 Å². The number of hydrogen-bond donors (Lipinski definition) is 0. The van der Waals surface area contributed by atoms with Gasteiger partial charge in [-0.1, -0.05) is 51.7 Å². The summed E-state index contributed by atoms with van der Waals surface area (Å²) in [6, 6.07) is 7.86. The SMILES string of the molecule is CC1CCC(C)CC1.Cc1cc(F)c(C)c(F)c1.Cc1ccc(C)c(F)c1.[Y]. The van der Waals surface area contributed by atoms with Gasteiger partial charge < -0.3 is 0 Å². The average molecular weight is 467 g/mol. The van der Waals surface area contributed by atoms with Crippen LogP contribution in [-0.4, -0.2) is 0 Å². The van der Waals surface area contributed by atoms with E-state index in [0.717, 1.165) is 17.4 Å². The number of halogens is 3. The summed E-state index contributed by atoms with van der Waals surface area (Å²) < 4.78 is 37.8. The fourth-order valence-corrected chi connectivity index (χ4v) is 2.90. The molecule has 0 spiro atoms. The summed E-state index contributed by atoms with van der Waals surface area (Å²) in [5.74, 6) is 0.974. The summed E-state index contributed by atoms with van der Waals surface area (Å²) in [5.41, 5.74) is 2.38. The van der Waals surface area contributed by atoms with E-state index < -0.39 is 11.6 Å². The number of hydrogen-bond acceptors (Lipinski definition) is 0. The molecule has 1 fully saturated rings. The van der Waals surface area contributed by atoms with Crippen molar-refractivity contribution in [1.29, 1.82) is 0 Å². The van der Waals surface area contributed by atoms with Gasteiger partial charge in [-0.25, -0.2) is 13.2 Å². The molecular weight excluding hydrogens is 434 g/mol. The maximum atomic E-state index is 12.6. The summed E-state index contributed by atoms with van der Waals surface area (Å²) in [6.45, 7) is 11.4. The molecule has 1 aliphatic rings. The molecule has 1 saturated carbocycles. The van der Waals surface area contributed by atoms with E-state index >= 15 is 0 Å². The summed E-state index contributed by atoms with van der Waals surface area (Å²) >= 11 is 0. The Morgan fingerprint density at radius 1 is 0.643 bits per heavy atom. The van der Waals surface area contributed by atoms with Gasteiger partial charge in [0, 0.05) is 38.3 Å². The molecule has 0 unspecified atom stereocenters. The van der Waals surface area contributed by atoms with Gasteiger partial charge in [-0.05, 0) is 74.4 Å². The van der Waals surface area contributed by atoms with Crippen molar-refractivity contribution in [3.8, 4) is 0 Å². The minimum absolute atomic E-state index is 0. The average Bonchev–Trinajstić information content (AvgIpc) is 2.60. The second-order valence-electron chi connectivity index (χ2n) is 7.97. The maximum absolute atomic E-state index is 12.6. The maximum Gasteiger partial charge on any atom is 0.129 e. The molecule has 2 aromatic rings. The van der Waals surface area contributed by atoms with Crippen molar-refractivity contribution in [2.45, 2.75) is 67.2 Å². The standard InChI is InChI=1S/C8H8F2.C8H9F.C8H16.Y/c1-5-3-7(9)6(2)8(10)4-5;1-6-3-4-7(2)8(9)5-6;1-7-3-5-8(2)6-4-7;/h3-4H,1-2H3;3-5H,1-2H3;7-8H,3-6H2,1-2H3;. The zero-order valence-electron chi connectivity index (χ0n) is 18.1. The molecule has 28 heavy (non-hydrogen) atoms. The Balaban J connectivity index is 0.000000386. The van der Waals surface area contributed by atoms with E-state index in [0.29, 0.717) is 11.1 Å². The smallest absolute Gasteiger partial charge is 0.129 e. The third kappa shape index (κ3) is 10.2. The molecule has 1 aliphatic carbocycles. The van der Waals surface area contributed by atoms with Crippen molar-refractivity contribution in [3.05, 3.63) is 70.0 Å². The topological polar surface area (TPSA) is 0 Å². The molecule has 1 radical (unpaired) electrons. The number of aryl methyl sites for hydroxylation is 3. The van der Waals surface area contributed by atoms with Gasteiger partial charge in [-0.3, -0.25) is 0 Å². The van der Waals surface area contributed by atoms with Gasteiger partial charge in [0.1, 0.15) is 17.5 Å². The zero-order valence-corrected chi connectivity index (χ0v) is 20.9. The van der Waals surface area contributed by atoms with E-state index in [1.807, 2.05) is 13.0 Å². The molecule has 0 aromatic heterocycles. The third-order valence-corrected chi connectivity index (χ3v) is 5.06. The predicted octanol–water partition coefficient (Wildman–Crippen LogP) is 7.85. The van der Waals surface area contributed by atoms with Crippen LogP contribution < -0.4 is 0 Å². The molecule has 2 aromatic carbocycles. The zero-order chi connectivity index (χ0) is 20.6. The monoisotopic (exact) mass is 467 g/mol. The van der Waals surface area contributed by atoms with Crippen molar-refractivity contribution in [2.75, 3.05) is 0 Å². The first-order valence-electron chi connectivity index (χ1n) is 9.75. The van der Waals surface area contributed by atoms with Crippen molar-refractivity contribution in [3.63, 3.8) is 0 Å². The first-order valence-corrected chi connectivity index (χ1v) is 9.75. The minimum atomic E-state index is -0.475. The molecule has 0 atom stereocenters. The van der Waals surface area contributed by atoms with E-state index in [-0.39, 0.29) is 44.1 Å². The molecular formula is C24H33F3Y. The summed E-state index contributed by atoms with van der Waals surface area (Å²) in [5, 5.41) is 0. The van der Waals surface area contributed by atoms with Crippen molar-refractivity contribution in [1.82, 2.24) is 0 Å². The van der Waals surface area contributed by atoms with Crippen LogP contribution in [0.1, 0.15) is 61.8 Å². The first kappa shape index (κ1) is 27.3. The Bertz CT molecular complexity index is 687. The molecule has 0 heterocycles. The van der Waals surface area contributed by atoms with Crippen LogP contribution in [0.4, 0.5) is 13.2 Å². The molecule has 153 valence electrons. The van der Waals surface area contributed by atoms with Gasteiger partial charge in [0.05, 0.1) is 0 Å². The van der Waals surface area contributed by atoms with Crippen LogP contribution in [0.3, 0.4) is 0 Å². The van der Waals surface area contributed by atoms with Crippen molar-refractivity contribution >= 4 is 0 Å². The molecule has 3 rings (SSSR count). The van der Waals surface area contributed by atoms with E-state index in [1.54, 1.807) is 19.9 Å². The van der Waals surface area contributed by atoms with E-state index in [9.17, 15) is 13.2 Å². The summed E-state index contributed by atoms with van der Waals surface area (Å²) in [6.07, 6.45) is 5.89. The van der Waals surface area contributed by atoms with Gasteiger partial charge in [0.15, 0.2) is 0 Å². The Kier molecular flexibility index (Phi) is 13.2. The molecule has 0 nitrogen and oxygen atoms in total. The first-order chi connectivity index (χ1) is 12.6. The Morgan fingerprint density at radius 2 is 1.04 bits per heavy atom. The molecule has 0 aliphatic heterocycles. The quantitative estimate of drug-likeness (QED) is 0.370. The minimum Gasteiger partial charge on any atom is -0.207 e. The number of rotatable bonds is 0. The van der Waals surface area contributed by atoms with Crippen LogP contribution in [-0.2, 0) is 32.7 Å². The molecule has 4 heteroatoms. The predicted molar refractivity (Wildman–Crippen MR) is 109 cm³/mol. The molecule has 0 saturated heterocycles. The fraction of sp³-hybridized carbons (Fsp3) is 0.500. The van der Waals surface area contributed by atoms with Gasteiger partial charge >= 0.3 is 0 Å². The van der Waals surface area contributed by atoms with E-state index in [2.05, 4.69) is 13.8 Å². The van der Waals surface area contributed by atoms with Crippen LogP contribution in [0.5, 0.6) is 0 Å². The van der Waals surface area contributed by atoms with Gasteiger partial charge in [0.2, 0.25) is 0 Å². The molecule has 0 bridgehead atoms. The van der Waals surface area contributed by atoms with Gasteiger partial charge in [-0.15, -0.1) is 0 Å². The Labute approximate surface area is 194 Å². The summed E-state index contributed by atoms with van der Waals surface area (Å²) in [4.78, 5) is 0. The Hall–Kier alpha value is -0.666. The van der Waals surface area contributed by atoms with Crippen LogP contribution in [0, 0.1) is 57.0 Å². The molecule has 0 N–H and O–H groups in total. The van der Waals surface area contributed by atoms with Crippen molar-refractivity contribution < 1.29 is 45.9 Å². The van der Waals surface area contributed by atoms with Crippen molar-refractivity contribution in [2.24, 2.45) is 11.8 Å². The third-order valence-electron chi connectivity index (χ3n) is 5.06. The second-order valence-corrected chi connectivity index (χ2v) is 7.97. The van der Waals surface area contributed by atoms with E-state index in [1.165, 1.54) is 50.8 Å².